The fourth-order valence-electron chi connectivity index (χ4n) is 3.75. The van der Waals surface area contributed by atoms with Crippen molar-refractivity contribution in [2.75, 3.05) is 0 Å². The fourth-order valence-corrected chi connectivity index (χ4v) is 3.75. The van der Waals surface area contributed by atoms with Crippen molar-refractivity contribution in [1.82, 2.24) is 24.7 Å². The number of rotatable bonds is 4. The van der Waals surface area contributed by atoms with Crippen LogP contribution in [0.25, 0.3) is 22.3 Å². The molecule has 4 rings (SSSR count). The SMILES string of the molecule is C=CC1=C(C=C)CC(n2cc(-c3nc(C)nc4[nH]ncc34)ccc2=O)CC1.CC. The number of hydrogen-bond acceptors (Lipinski definition) is 4. The van der Waals surface area contributed by atoms with E-state index in [2.05, 4.69) is 33.3 Å². The van der Waals surface area contributed by atoms with E-state index in [9.17, 15) is 4.79 Å². The van der Waals surface area contributed by atoms with Gasteiger partial charge in [0.1, 0.15) is 5.82 Å². The van der Waals surface area contributed by atoms with E-state index in [0.717, 1.165) is 41.5 Å². The lowest BCUT2D eigenvalue weighted by atomic mass is 9.88. The smallest absolute Gasteiger partial charge is 0.250 e. The van der Waals surface area contributed by atoms with E-state index in [1.165, 1.54) is 5.57 Å². The second-order valence-corrected chi connectivity index (χ2v) is 6.77. The lowest BCUT2D eigenvalue weighted by Crippen LogP contribution is -2.26. The van der Waals surface area contributed by atoms with Crippen LogP contribution < -0.4 is 5.56 Å². The number of aromatic nitrogens is 5. The molecule has 6 nitrogen and oxygen atoms in total. The van der Waals surface area contributed by atoms with Crippen molar-refractivity contribution in [2.24, 2.45) is 0 Å². The van der Waals surface area contributed by atoms with E-state index >= 15 is 0 Å². The zero-order valence-electron chi connectivity index (χ0n) is 17.3. The first-order valence-electron chi connectivity index (χ1n) is 9.98. The summed E-state index contributed by atoms with van der Waals surface area (Å²) in [4.78, 5) is 21.5. The van der Waals surface area contributed by atoms with Crippen molar-refractivity contribution in [1.29, 1.82) is 0 Å². The number of allylic oxidation sites excluding steroid dienone is 4. The summed E-state index contributed by atoms with van der Waals surface area (Å²) in [6.45, 7) is 13.6. The van der Waals surface area contributed by atoms with Crippen molar-refractivity contribution in [3.8, 4) is 11.3 Å². The van der Waals surface area contributed by atoms with E-state index in [-0.39, 0.29) is 11.6 Å². The predicted octanol–water partition coefficient (Wildman–Crippen LogP) is 4.91. The van der Waals surface area contributed by atoms with E-state index in [1.54, 1.807) is 12.3 Å². The maximum atomic E-state index is 12.6. The molecule has 1 atom stereocenters. The Balaban J connectivity index is 0.00000117. The molecule has 29 heavy (non-hydrogen) atoms. The zero-order valence-corrected chi connectivity index (χ0v) is 17.3. The molecule has 1 unspecified atom stereocenters. The molecule has 0 amide bonds. The summed E-state index contributed by atoms with van der Waals surface area (Å²) >= 11 is 0. The minimum Gasteiger partial charge on any atom is -0.311 e. The highest BCUT2D eigenvalue weighted by Gasteiger charge is 2.21. The van der Waals surface area contributed by atoms with Crippen molar-refractivity contribution >= 4 is 11.0 Å². The number of aromatic amines is 1. The number of fused-ring (bicyclic) bond motifs is 1. The molecular weight excluding hydrogens is 362 g/mol. The summed E-state index contributed by atoms with van der Waals surface area (Å²) in [5.41, 5.74) is 4.72. The van der Waals surface area contributed by atoms with Crippen LogP contribution in [0.15, 0.2) is 65.8 Å². The quantitative estimate of drug-likeness (QED) is 0.688. The molecule has 3 aromatic rings. The molecule has 3 aromatic heterocycles. The lowest BCUT2D eigenvalue weighted by molar-refractivity contribution is 0.435. The van der Waals surface area contributed by atoms with Crippen molar-refractivity contribution in [2.45, 2.75) is 46.1 Å². The molecule has 0 radical (unpaired) electrons. The van der Waals surface area contributed by atoms with E-state index in [0.29, 0.717) is 11.5 Å². The number of hydrogen-bond donors (Lipinski definition) is 1. The Hall–Kier alpha value is -3.28. The van der Waals surface area contributed by atoms with E-state index in [1.807, 2.05) is 49.8 Å². The maximum absolute atomic E-state index is 12.6. The summed E-state index contributed by atoms with van der Waals surface area (Å²) in [5, 5.41) is 7.81. The van der Waals surface area contributed by atoms with Gasteiger partial charge < -0.3 is 4.57 Å². The molecule has 0 fully saturated rings. The van der Waals surface area contributed by atoms with Crippen LogP contribution in [0.2, 0.25) is 0 Å². The number of nitrogens with one attached hydrogen (secondary N) is 1. The summed E-state index contributed by atoms with van der Waals surface area (Å²) in [6.07, 6.45) is 9.96. The average molecular weight is 390 g/mol. The van der Waals surface area contributed by atoms with Gasteiger partial charge in [-0.2, -0.15) is 5.10 Å². The first kappa shape index (κ1) is 20.5. The van der Waals surface area contributed by atoms with Crippen LogP contribution in [0.3, 0.4) is 0 Å². The Labute approximate surface area is 170 Å². The molecule has 0 saturated carbocycles. The van der Waals surface area contributed by atoms with Gasteiger partial charge in [-0.25, -0.2) is 9.97 Å². The third-order valence-corrected chi connectivity index (χ3v) is 5.13. The van der Waals surface area contributed by atoms with Crippen molar-refractivity contribution in [3.05, 3.63) is 77.2 Å². The third kappa shape index (κ3) is 3.97. The van der Waals surface area contributed by atoms with Crippen LogP contribution in [0.1, 0.15) is 45.0 Å². The van der Waals surface area contributed by atoms with E-state index in [4.69, 9.17) is 0 Å². The molecule has 0 aromatic carbocycles. The lowest BCUT2D eigenvalue weighted by Gasteiger charge is -2.27. The Kier molecular flexibility index (Phi) is 6.22. The van der Waals surface area contributed by atoms with Gasteiger partial charge in [-0.1, -0.05) is 39.2 Å². The maximum Gasteiger partial charge on any atom is 0.250 e. The summed E-state index contributed by atoms with van der Waals surface area (Å²) in [7, 11) is 0. The van der Waals surface area contributed by atoms with Crippen LogP contribution in [0.4, 0.5) is 0 Å². The van der Waals surface area contributed by atoms with Crippen molar-refractivity contribution in [3.63, 3.8) is 0 Å². The van der Waals surface area contributed by atoms with E-state index < -0.39 is 0 Å². The second kappa shape index (κ2) is 8.82. The molecule has 0 bridgehead atoms. The minimum absolute atomic E-state index is 0.0107. The highest BCUT2D eigenvalue weighted by atomic mass is 16.1. The van der Waals surface area contributed by atoms with Crippen LogP contribution in [-0.4, -0.2) is 24.7 Å². The second-order valence-electron chi connectivity index (χ2n) is 6.77. The average Bonchev–Trinajstić information content (AvgIpc) is 3.23. The summed E-state index contributed by atoms with van der Waals surface area (Å²) in [5.74, 6) is 0.657. The van der Waals surface area contributed by atoms with Gasteiger partial charge in [0.05, 0.1) is 17.3 Å². The number of aryl methyl sites for hydroxylation is 1. The van der Waals surface area contributed by atoms with Gasteiger partial charge in [-0.3, -0.25) is 9.89 Å². The monoisotopic (exact) mass is 389 g/mol. The number of H-pyrrole nitrogens is 1. The molecule has 1 aliphatic rings. The van der Waals surface area contributed by atoms with Gasteiger partial charge in [0.25, 0.3) is 5.56 Å². The molecule has 3 heterocycles. The molecule has 0 aliphatic heterocycles. The van der Waals surface area contributed by atoms with Crippen molar-refractivity contribution < 1.29 is 0 Å². The molecule has 0 saturated heterocycles. The van der Waals surface area contributed by atoms with Crippen LogP contribution in [0, 0.1) is 6.92 Å². The van der Waals surface area contributed by atoms with Gasteiger partial charge >= 0.3 is 0 Å². The predicted molar refractivity (Wildman–Crippen MR) is 118 cm³/mol. The van der Waals surface area contributed by atoms with Gasteiger partial charge in [0.2, 0.25) is 0 Å². The first-order valence-corrected chi connectivity index (χ1v) is 9.98. The zero-order chi connectivity index (χ0) is 21.0. The third-order valence-electron chi connectivity index (χ3n) is 5.13. The van der Waals surface area contributed by atoms with Crippen LogP contribution >= 0.6 is 0 Å². The molecule has 1 aliphatic carbocycles. The highest BCUT2D eigenvalue weighted by molar-refractivity contribution is 5.89. The molecule has 0 spiro atoms. The Morgan fingerprint density at radius 2 is 1.93 bits per heavy atom. The largest absolute Gasteiger partial charge is 0.311 e. The fraction of sp³-hybridized carbons (Fsp3) is 0.304. The molecule has 1 N–H and O–H groups in total. The topological polar surface area (TPSA) is 76.5 Å². The standard InChI is InChI=1S/C21H21N5O.C2H6/c1-4-14-6-8-17(10-15(14)5-2)26-12-16(7-9-19(26)27)20-18-11-22-25-21(18)24-13(3)23-20;1-2/h4-5,7,9,11-12,17H,1-2,6,8,10H2,3H3,(H,22,23,24,25);1-2H3. The Morgan fingerprint density at radius 1 is 1.17 bits per heavy atom. The van der Waals surface area contributed by atoms with Gasteiger partial charge in [-0.15, -0.1) is 0 Å². The molecular formula is C23H27N5O. The molecule has 150 valence electrons. The highest BCUT2D eigenvalue weighted by Crippen LogP contribution is 2.34. The summed E-state index contributed by atoms with van der Waals surface area (Å²) in [6, 6.07) is 3.52. The summed E-state index contributed by atoms with van der Waals surface area (Å²) < 4.78 is 1.82. The first-order chi connectivity index (χ1) is 14.1. The Bertz CT molecular complexity index is 1140. The number of pyridine rings is 1. The normalized spacial score (nSPS) is 16.3. The molecule has 6 heteroatoms. The van der Waals surface area contributed by atoms with Gasteiger partial charge in [0, 0.05) is 23.9 Å². The number of nitrogens with zero attached hydrogens (tertiary/aromatic N) is 4. The van der Waals surface area contributed by atoms with Crippen LogP contribution in [0.5, 0.6) is 0 Å². The van der Waals surface area contributed by atoms with Crippen LogP contribution in [-0.2, 0) is 0 Å². The van der Waals surface area contributed by atoms with Gasteiger partial charge in [0.15, 0.2) is 5.65 Å². The van der Waals surface area contributed by atoms with Gasteiger partial charge in [-0.05, 0) is 43.4 Å². The Morgan fingerprint density at radius 3 is 2.66 bits per heavy atom. The minimum atomic E-state index is -0.0107.